The number of ether oxygens (including phenoxy) is 1. The second-order valence-electron chi connectivity index (χ2n) is 8.47. The van der Waals surface area contributed by atoms with Gasteiger partial charge in [0.15, 0.2) is 0 Å². The van der Waals surface area contributed by atoms with E-state index in [0.29, 0.717) is 41.7 Å². The Balaban J connectivity index is 1.28. The minimum Gasteiger partial charge on any atom is -0.442 e. The van der Waals surface area contributed by atoms with E-state index in [1.165, 1.54) is 24.0 Å². The maximum absolute atomic E-state index is 14.8. The van der Waals surface area contributed by atoms with Gasteiger partial charge < -0.3 is 20.3 Å². The molecule has 0 aromatic heterocycles. The van der Waals surface area contributed by atoms with E-state index in [2.05, 4.69) is 10.6 Å². The predicted molar refractivity (Wildman–Crippen MR) is 137 cm³/mol. The molecule has 2 aliphatic rings. The molecule has 2 aromatic carbocycles. The molecule has 36 heavy (non-hydrogen) atoms. The van der Waals surface area contributed by atoms with Crippen molar-refractivity contribution in [1.82, 2.24) is 5.32 Å². The molecule has 0 unspecified atom stereocenters. The summed E-state index contributed by atoms with van der Waals surface area (Å²) in [6.45, 7) is 2.75. The van der Waals surface area contributed by atoms with Crippen LogP contribution in [0.1, 0.15) is 12.5 Å². The van der Waals surface area contributed by atoms with Crippen LogP contribution in [0.3, 0.4) is 0 Å². The Morgan fingerprint density at radius 2 is 1.89 bits per heavy atom. The molecule has 0 radical (unpaired) electrons. The van der Waals surface area contributed by atoms with Crippen LogP contribution in [0.4, 0.5) is 26.2 Å². The Kier molecular flexibility index (Phi) is 7.99. The molecule has 2 aromatic rings. The monoisotopic (exact) mass is 514 g/mol. The summed E-state index contributed by atoms with van der Waals surface area (Å²) in [7, 11) is -0.856. The van der Waals surface area contributed by atoms with Crippen molar-refractivity contribution in [3.8, 4) is 0 Å². The topological polar surface area (TPSA) is 108 Å². The van der Waals surface area contributed by atoms with Crippen molar-refractivity contribution in [3.05, 3.63) is 59.9 Å². The molecule has 0 spiro atoms. The molecule has 9 nitrogen and oxygen atoms in total. The van der Waals surface area contributed by atoms with Gasteiger partial charge in [-0.05, 0) is 42.0 Å². The second kappa shape index (κ2) is 11.3. The van der Waals surface area contributed by atoms with Crippen LogP contribution in [0.25, 0.3) is 6.08 Å². The molecule has 2 heterocycles. The van der Waals surface area contributed by atoms with Gasteiger partial charge in [-0.15, -0.1) is 0 Å². The smallest absolute Gasteiger partial charge is 0.414 e. The highest BCUT2D eigenvalue weighted by atomic mass is 32.2. The van der Waals surface area contributed by atoms with Crippen molar-refractivity contribution in [2.45, 2.75) is 13.0 Å². The van der Waals surface area contributed by atoms with Gasteiger partial charge in [0.25, 0.3) is 0 Å². The van der Waals surface area contributed by atoms with Crippen LogP contribution in [0.2, 0.25) is 0 Å². The summed E-state index contributed by atoms with van der Waals surface area (Å²) in [4.78, 5) is 38.8. The number of anilines is 3. The zero-order valence-corrected chi connectivity index (χ0v) is 20.6. The molecule has 190 valence electrons. The minimum absolute atomic E-state index is 0.109. The Hall–Kier alpha value is -3.73. The summed E-state index contributed by atoms with van der Waals surface area (Å²) >= 11 is 0. The van der Waals surface area contributed by atoms with Gasteiger partial charge in [0.1, 0.15) is 11.9 Å². The third-order valence-corrected chi connectivity index (χ3v) is 7.07. The van der Waals surface area contributed by atoms with Gasteiger partial charge in [-0.25, -0.2) is 9.18 Å². The van der Waals surface area contributed by atoms with E-state index in [-0.39, 0.29) is 24.9 Å². The van der Waals surface area contributed by atoms with Crippen molar-refractivity contribution >= 4 is 51.8 Å². The zero-order chi connectivity index (χ0) is 25.7. The van der Waals surface area contributed by atoms with Crippen molar-refractivity contribution in [1.29, 1.82) is 0 Å². The summed E-state index contributed by atoms with van der Waals surface area (Å²) in [6.07, 6.45) is 1.81. The molecule has 2 aliphatic heterocycles. The van der Waals surface area contributed by atoms with Crippen LogP contribution in [0, 0.1) is 5.82 Å². The first-order valence-corrected chi connectivity index (χ1v) is 13.0. The van der Waals surface area contributed by atoms with E-state index in [1.54, 1.807) is 42.5 Å². The normalized spacial score (nSPS) is 18.4. The van der Waals surface area contributed by atoms with E-state index >= 15 is 0 Å². The van der Waals surface area contributed by atoms with Crippen molar-refractivity contribution < 1.29 is 27.7 Å². The first kappa shape index (κ1) is 25.4. The van der Waals surface area contributed by atoms with Gasteiger partial charge in [0.2, 0.25) is 11.8 Å². The summed E-state index contributed by atoms with van der Waals surface area (Å²) in [5, 5.41) is 5.37. The van der Waals surface area contributed by atoms with Crippen LogP contribution >= 0.6 is 0 Å². The molecule has 11 heteroatoms. The average Bonchev–Trinajstić information content (AvgIpc) is 3.23. The molecule has 1 atom stereocenters. The number of nitrogens with zero attached hydrogens (tertiary/aromatic N) is 2. The van der Waals surface area contributed by atoms with E-state index in [1.807, 2.05) is 4.90 Å². The number of hydrogen-bond donors (Lipinski definition) is 2. The average molecular weight is 515 g/mol. The fourth-order valence-electron chi connectivity index (χ4n) is 3.96. The lowest BCUT2D eigenvalue weighted by atomic mass is 10.2. The molecule has 4 rings (SSSR count). The van der Waals surface area contributed by atoms with Gasteiger partial charge in [0, 0.05) is 54.1 Å². The number of carbonyl (C=O) groups excluding carboxylic acids is 3. The maximum atomic E-state index is 14.8. The van der Waals surface area contributed by atoms with E-state index in [0.717, 1.165) is 5.56 Å². The molecule has 0 saturated carbocycles. The predicted octanol–water partition coefficient (Wildman–Crippen LogP) is 2.51. The van der Waals surface area contributed by atoms with Crippen molar-refractivity contribution in [3.63, 3.8) is 0 Å². The van der Waals surface area contributed by atoms with Crippen LogP contribution < -0.4 is 20.4 Å². The second-order valence-corrected chi connectivity index (χ2v) is 10.2. The number of halogens is 1. The largest absolute Gasteiger partial charge is 0.442 e. The van der Waals surface area contributed by atoms with E-state index < -0.39 is 28.8 Å². The molecular weight excluding hydrogens is 487 g/mol. The Bertz CT molecular complexity index is 1190. The van der Waals surface area contributed by atoms with Crippen molar-refractivity contribution in [2.24, 2.45) is 0 Å². The Labute approximate surface area is 210 Å². The summed E-state index contributed by atoms with van der Waals surface area (Å²) in [6, 6.07) is 11.6. The number of benzene rings is 2. The third kappa shape index (κ3) is 6.48. The quantitative estimate of drug-likeness (QED) is 0.550. The number of hydrogen-bond acceptors (Lipinski definition) is 6. The molecule has 3 amide bonds. The lowest BCUT2D eigenvalue weighted by molar-refractivity contribution is -0.117. The van der Waals surface area contributed by atoms with E-state index in [4.69, 9.17) is 4.74 Å². The lowest BCUT2D eigenvalue weighted by Gasteiger charge is -2.29. The SMILES string of the molecule is CC(=O)Nc1ccc(/C=C/C(=O)NC[C@H]2CN(c3ccc(N4CCS(=O)CC4)c(F)c3)C(=O)O2)cc1. The minimum atomic E-state index is -0.856. The van der Waals surface area contributed by atoms with Crippen LogP contribution in [0.15, 0.2) is 48.5 Å². The Morgan fingerprint density at radius 3 is 2.56 bits per heavy atom. The standard InChI is InChI=1S/C25H27FN4O5S/c1-17(31)28-19-5-2-18(3-6-19)4-9-24(32)27-15-21-16-30(25(33)35-21)20-7-8-23(22(26)14-20)29-10-12-36(34)13-11-29/h2-9,14,21H,10-13,15-16H2,1H3,(H,27,32)(H,28,31)/b9-4+/t21-/m0/s1. The highest BCUT2D eigenvalue weighted by molar-refractivity contribution is 7.85. The highest BCUT2D eigenvalue weighted by Crippen LogP contribution is 2.28. The number of rotatable bonds is 7. The fraction of sp³-hybridized carbons (Fsp3) is 0.320. The van der Waals surface area contributed by atoms with Gasteiger partial charge >= 0.3 is 6.09 Å². The summed E-state index contributed by atoms with van der Waals surface area (Å²) < 4.78 is 31.7. The Morgan fingerprint density at radius 1 is 1.17 bits per heavy atom. The summed E-state index contributed by atoms with van der Waals surface area (Å²) in [5.74, 6) is 0.0386. The highest BCUT2D eigenvalue weighted by Gasteiger charge is 2.33. The van der Waals surface area contributed by atoms with Gasteiger partial charge in [-0.1, -0.05) is 12.1 Å². The maximum Gasteiger partial charge on any atom is 0.414 e. The van der Waals surface area contributed by atoms with Gasteiger partial charge in [0.05, 0.1) is 24.5 Å². The van der Waals surface area contributed by atoms with Gasteiger partial charge in [-0.2, -0.15) is 0 Å². The lowest BCUT2D eigenvalue weighted by Crippen LogP contribution is -2.38. The van der Waals surface area contributed by atoms with E-state index in [9.17, 15) is 23.0 Å². The first-order chi connectivity index (χ1) is 17.3. The first-order valence-electron chi connectivity index (χ1n) is 11.5. The molecule has 0 bridgehead atoms. The zero-order valence-electron chi connectivity index (χ0n) is 19.7. The number of amides is 3. The van der Waals surface area contributed by atoms with Crippen LogP contribution in [0.5, 0.6) is 0 Å². The molecule has 2 fully saturated rings. The van der Waals surface area contributed by atoms with Crippen LogP contribution in [-0.2, 0) is 25.1 Å². The van der Waals surface area contributed by atoms with Crippen LogP contribution in [-0.4, -0.2) is 65.9 Å². The van der Waals surface area contributed by atoms with Crippen molar-refractivity contribution in [2.75, 3.05) is 52.8 Å². The summed E-state index contributed by atoms with van der Waals surface area (Å²) in [5.41, 5.74) is 2.23. The fourth-order valence-corrected chi connectivity index (χ4v) is 5.02. The molecule has 2 N–H and O–H groups in total. The molecule has 2 saturated heterocycles. The number of nitrogens with one attached hydrogen (secondary N) is 2. The number of carbonyl (C=O) groups is 3. The third-order valence-electron chi connectivity index (χ3n) is 5.80. The number of cyclic esters (lactones) is 1. The van der Waals surface area contributed by atoms with Gasteiger partial charge in [-0.3, -0.25) is 18.7 Å². The molecule has 0 aliphatic carbocycles. The molecular formula is C25H27FN4O5S.